The molecule has 1 aliphatic rings. The van der Waals surface area contributed by atoms with Gasteiger partial charge in [0, 0.05) is 23.7 Å². The molecule has 0 radical (unpaired) electrons. The molecule has 24 heavy (non-hydrogen) atoms. The van der Waals surface area contributed by atoms with Crippen LogP contribution in [-0.4, -0.2) is 46.2 Å². The van der Waals surface area contributed by atoms with E-state index in [9.17, 15) is 0 Å². The van der Waals surface area contributed by atoms with Gasteiger partial charge in [-0.1, -0.05) is 23.7 Å². The summed E-state index contributed by atoms with van der Waals surface area (Å²) in [6.07, 6.45) is 1.67. The first-order valence-electron chi connectivity index (χ1n) is 7.59. The molecule has 3 aromatic rings. The normalized spacial score (nSPS) is 15.0. The van der Waals surface area contributed by atoms with E-state index in [2.05, 4.69) is 19.9 Å². The summed E-state index contributed by atoms with van der Waals surface area (Å²) in [7, 11) is 0. The number of fused-ring (bicyclic) bond motifs is 1. The van der Waals surface area contributed by atoms with Crippen molar-refractivity contribution in [2.45, 2.75) is 0 Å². The van der Waals surface area contributed by atoms with Crippen LogP contribution in [0.1, 0.15) is 0 Å². The highest BCUT2D eigenvalue weighted by Gasteiger charge is 2.19. The molecule has 0 spiro atoms. The zero-order valence-corrected chi connectivity index (χ0v) is 13.6. The van der Waals surface area contributed by atoms with Gasteiger partial charge in [0.1, 0.15) is 0 Å². The topological polar surface area (TPSA) is 90.0 Å². The first kappa shape index (κ1) is 15.0. The van der Waals surface area contributed by atoms with Gasteiger partial charge >= 0.3 is 0 Å². The summed E-state index contributed by atoms with van der Waals surface area (Å²) in [6, 6.07) is 7.49. The number of halogens is 1. The summed E-state index contributed by atoms with van der Waals surface area (Å²) in [6.45, 7) is 2.75. The SMILES string of the molecule is Nc1nc(N2CCOCC2)c2nc(-c3cccc(Cl)c3)cnc2n1. The minimum Gasteiger partial charge on any atom is -0.378 e. The number of rotatable bonds is 2. The Morgan fingerprint density at radius 1 is 1.12 bits per heavy atom. The molecule has 1 aliphatic heterocycles. The molecule has 0 amide bonds. The Morgan fingerprint density at radius 2 is 1.96 bits per heavy atom. The molecular formula is C16H15ClN6O. The molecule has 0 bridgehead atoms. The molecule has 1 fully saturated rings. The van der Waals surface area contributed by atoms with E-state index in [0.29, 0.717) is 40.9 Å². The number of aromatic nitrogens is 4. The van der Waals surface area contributed by atoms with Crippen LogP contribution in [0.5, 0.6) is 0 Å². The van der Waals surface area contributed by atoms with Crippen LogP contribution < -0.4 is 10.6 Å². The van der Waals surface area contributed by atoms with Gasteiger partial charge in [0.05, 0.1) is 25.1 Å². The van der Waals surface area contributed by atoms with Crippen molar-refractivity contribution < 1.29 is 4.74 Å². The maximum atomic E-state index is 6.08. The average molecular weight is 343 g/mol. The largest absolute Gasteiger partial charge is 0.378 e. The van der Waals surface area contributed by atoms with Gasteiger partial charge in [-0.3, -0.25) is 0 Å². The van der Waals surface area contributed by atoms with E-state index in [4.69, 9.17) is 27.1 Å². The van der Waals surface area contributed by atoms with E-state index in [0.717, 1.165) is 18.7 Å². The Kier molecular flexibility index (Phi) is 3.87. The van der Waals surface area contributed by atoms with E-state index in [1.807, 2.05) is 24.3 Å². The molecule has 0 atom stereocenters. The fraction of sp³-hybridized carbons (Fsp3) is 0.250. The van der Waals surface area contributed by atoms with Crippen molar-refractivity contribution in [3.05, 3.63) is 35.5 Å². The summed E-state index contributed by atoms with van der Waals surface area (Å²) in [5.74, 6) is 0.881. The summed E-state index contributed by atoms with van der Waals surface area (Å²) in [5.41, 5.74) is 8.55. The maximum Gasteiger partial charge on any atom is 0.224 e. The van der Waals surface area contributed by atoms with Crippen molar-refractivity contribution in [3.8, 4) is 11.3 Å². The van der Waals surface area contributed by atoms with Gasteiger partial charge in [-0.2, -0.15) is 9.97 Å². The standard InChI is InChI=1S/C16H15ClN6O/c17-11-3-1-2-10(8-11)12-9-19-14-13(20-12)15(22-16(18)21-14)23-4-6-24-7-5-23/h1-3,8-9H,4-7H2,(H2,18,19,21,22). The fourth-order valence-corrected chi connectivity index (χ4v) is 2.88. The van der Waals surface area contributed by atoms with Gasteiger partial charge < -0.3 is 15.4 Å². The van der Waals surface area contributed by atoms with E-state index in [1.165, 1.54) is 0 Å². The lowest BCUT2D eigenvalue weighted by Gasteiger charge is -2.28. The second-order valence-electron chi connectivity index (χ2n) is 5.44. The van der Waals surface area contributed by atoms with Crippen molar-refractivity contribution in [3.63, 3.8) is 0 Å². The number of hydrogen-bond acceptors (Lipinski definition) is 7. The van der Waals surface area contributed by atoms with Gasteiger partial charge in [0.2, 0.25) is 5.95 Å². The average Bonchev–Trinajstić information content (AvgIpc) is 2.61. The van der Waals surface area contributed by atoms with Crippen LogP contribution in [0.4, 0.5) is 11.8 Å². The van der Waals surface area contributed by atoms with Crippen molar-refractivity contribution >= 4 is 34.5 Å². The van der Waals surface area contributed by atoms with E-state index in [1.54, 1.807) is 6.20 Å². The van der Waals surface area contributed by atoms with Crippen molar-refractivity contribution in [2.24, 2.45) is 0 Å². The molecule has 8 heteroatoms. The highest BCUT2D eigenvalue weighted by atomic mass is 35.5. The van der Waals surface area contributed by atoms with Crippen LogP contribution in [-0.2, 0) is 4.74 Å². The Labute approximate surface area is 143 Å². The highest BCUT2D eigenvalue weighted by Crippen LogP contribution is 2.26. The van der Waals surface area contributed by atoms with Crippen molar-refractivity contribution in [1.29, 1.82) is 0 Å². The number of nitrogens with zero attached hydrogens (tertiary/aromatic N) is 5. The minimum absolute atomic E-state index is 0.189. The third-order valence-electron chi connectivity index (χ3n) is 3.84. The lowest BCUT2D eigenvalue weighted by molar-refractivity contribution is 0.122. The Morgan fingerprint density at radius 3 is 2.75 bits per heavy atom. The van der Waals surface area contributed by atoms with E-state index in [-0.39, 0.29) is 5.95 Å². The molecule has 3 heterocycles. The van der Waals surface area contributed by atoms with Crippen LogP contribution in [0.3, 0.4) is 0 Å². The van der Waals surface area contributed by atoms with Crippen molar-refractivity contribution in [1.82, 2.24) is 19.9 Å². The van der Waals surface area contributed by atoms with Crippen LogP contribution in [0.25, 0.3) is 22.4 Å². The third-order valence-corrected chi connectivity index (χ3v) is 4.07. The molecule has 1 aromatic carbocycles. The minimum atomic E-state index is 0.189. The summed E-state index contributed by atoms with van der Waals surface area (Å²) >= 11 is 6.08. The van der Waals surface area contributed by atoms with Crippen LogP contribution >= 0.6 is 11.6 Å². The third kappa shape index (κ3) is 2.83. The molecule has 2 N–H and O–H groups in total. The van der Waals surface area contributed by atoms with Gasteiger partial charge in [-0.25, -0.2) is 9.97 Å². The number of nitrogens with two attached hydrogens (primary N) is 1. The predicted octanol–water partition coefficient (Wildman–Crippen LogP) is 2.16. The zero-order chi connectivity index (χ0) is 16.5. The summed E-state index contributed by atoms with van der Waals surface area (Å²) in [5, 5.41) is 0.649. The maximum absolute atomic E-state index is 6.08. The monoisotopic (exact) mass is 342 g/mol. The number of benzene rings is 1. The van der Waals surface area contributed by atoms with Crippen LogP contribution in [0, 0.1) is 0 Å². The Hall–Kier alpha value is -2.51. The molecule has 0 unspecified atom stereocenters. The molecular weight excluding hydrogens is 328 g/mol. The first-order chi connectivity index (χ1) is 11.7. The van der Waals surface area contributed by atoms with Crippen LogP contribution in [0.15, 0.2) is 30.5 Å². The van der Waals surface area contributed by atoms with Gasteiger partial charge in [-0.15, -0.1) is 0 Å². The van der Waals surface area contributed by atoms with Gasteiger partial charge in [0.25, 0.3) is 0 Å². The van der Waals surface area contributed by atoms with E-state index < -0.39 is 0 Å². The number of hydrogen-bond donors (Lipinski definition) is 1. The molecule has 2 aromatic heterocycles. The lowest BCUT2D eigenvalue weighted by Crippen LogP contribution is -2.37. The Balaban J connectivity index is 1.86. The second-order valence-corrected chi connectivity index (χ2v) is 5.88. The number of morpholine rings is 1. The summed E-state index contributed by atoms with van der Waals surface area (Å²) in [4.78, 5) is 19.8. The number of ether oxygens (including phenoxy) is 1. The zero-order valence-electron chi connectivity index (χ0n) is 12.8. The molecule has 7 nitrogen and oxygen atoms in total. The van der Waals surface area contributed by atoms with Gasteiger partial charge in [-0.05, 0) is 12.1 Å². The number of nitrogen functional groups attached to an aromatic ring is 1. The quantitative estimate of drug-likeness (QED) is 0.763. The molecule has 1 saturated heterocycles. The second kappa shape index (κ2) is 6.18. The number of anilines is 2. The fourth-order valence-electron chi connectivity index (χ4n) is 2.69. The first-order valence-corrected chi connectivity index (χ1v) is 7.97. The highest BCUT2D eigenvalue weighted by molar-refractivity contribution is 6.30. The molecule has 122 valence electrons. The van der Waals surface area contributed by atoms with Gasteiger partial charge in [0.15, 0.2) is 17.0 Å². The van der Waals surface area contributed by atoms with Crippen LogP contribution in [0.2, 0.25) is 5.02 Å². The smallest absolute Gasteiger partial charge is 0.224 e. The summed E-state index contributed by atoms with van der Waals surface area (Å²) < 4.78 is 5.40. The van der Waals surface area contributed by atoms with Crippen molar-refractivity contribution in [2.75, 3.05) is 36.9 Å². The molecule has 0 saturated carbocycles. The molecule has 4 rings (SSSR count). The predicted molar refractivity (Wildman–Crippen MR) is 93.0 cm³/mol. The lowest BCUT2D eigenvalue weighted by atomic mass is 10.1. The van der Waals surface area contributed by atoms with E-state index >= 15 is 0 Å². The Bertz CT molecular complexity index is 897. The molecule has 0 aliphatic carbocycles.